The van der Waals surface area contributed by atoms with Gasteiger partial charge in [0.15, 0.2) is 0 Å². The van der Waals surface area contributed by atoms with E-state index in [4.69, 9.17) is 9.47 Å². The average Bonchev–Trinajstić information content (AvgIpc) is 2.65. The van der Waals surface area contributed by atoms with E-state index in [1.807, 2.05) is 13.8 Å². The van der Waals surface area contributed by atoms with Crippen LogP contribution in [0.5, 0.6) is 0 Å². The minimum Gasteiger partial charge on any atom is -0.462 e. The standard InChI is InChI=1S/C23H38O6/c1-4-13(2)23(27)29-20-11-16(24)9-15-6-5-14(3)19(22(15)20)8-7-18-10-17(25)12-21(26)28-18/h13-20,22,24-25H,4-12H2,1-3H3/t13-,14-,15?,16-,17+,18?,19-,20-,22-/m0/s1. The highest BCUT2D eigenvalue weighted by molar-refractivity contribution is 5.72. The minimum absolute atomic E-state index is 0.0898. The molecule has 0 radical (unpaired) electrons. The van der Waals surface area contributed by atoms with Crippen molar-refractivity contribution in [3.8, 4) is 0 Å². The third-order valence-corrected chi connectivity index (χ3v) is 7.61. The molecular formula is C23H38O6. The fraction of sp³-hybridized carbons (Fsp3) is 0.913. The molecule has 2 N–H and O–H groups in total. The number of carbonyl (C=O) groups excluding carboxylic acids is 2. The van der Waals surface area contributed by atoms with Gasteiger partial charge in [0.05, 0.1) is 24.5 Å². The summed E-state index contributed by atoms with van der Waals surface area (Å²) in [6.45, 7) is 6.14. The number of aliphatic hydroxyl groups is 2. The maximum atomic E-state index is 12.5. The van der Waals surface area contributed by atoms with Crippen molar-refractivity contribution in [3.05, 3.63) is 0 Å². The molecule has 1 saturated heterocycles. The summed E-state index contributed by atoms with van der Waals surface area (Å²) in [6.07, 6.45) is 4.96. The zero-order valence-electron chi connectivity index (χ0n) is 18.1. The monoisotopic (exact) mass is 410 g/mol. The van der Waals surface area contributed by atoms with Crippen LogP contribution in [0.25, 0.3) is 0 Å². The summed E-state index contributed by atoms with van der Waals surface area (Å²) in [5, 5.41) is 20.3. The van der Waals surface area contributed by atoms with Crippen molar-refractivity contribution in [3.63, 3.8) is 0 Å². The topological polar surface area (TPSA) is 93.1 Å². The van der Waals surface area contributed by atoms with Crippen LogP contribution in [0, 0.1) is 29.6 Å². The number of ether oxygens (including phenoxy) is 2. The largest absolute Gasteiger partial charge is 0.462 e. The Hall–Kier alpha value is -1.14. The summed E-state index contributed by atoms with van der Waals surface area (Å²) in [6, 6.07) is 0. The van der Waals surface area contributed by atoms with E-state index in [1.54, 1.807) is 0 Å². The molecule has 1 heterocycles. The molecule has 29 heavy (non-hydrogen) atoms. The molecule has 3 aliphatic rings. The molecule has 3 rings (SSSR count). The minimum atomic E-state index is -0.605. The third-order valence-electron chi connectivity index (χ3n) is 7.61. The van der Waals surface area contributed by atoms with Crippen LogP contribution in [0.4, 0.5) is 0 Å². The predicted molar refractivity (Wildman–Crippen MR) is 108 cm³/mol. The summed E-state index contributed by atoms with van der Waals surface area (Å²) in [7, 11) is 0. The van der Waals surface area contributed by atoms with E-state index in [-0.39, 0.29) is 42.4 Å². The van der Waals surface area contributed by atoms with Crippen LogP contribution in [0.2, 0.25) is 0 Å². The van der Waals surface area contributed by atoms with Gasteiger partial charge in [-0.25, -0.2) is 0 Å². The van der Waals surface area contributed by atoms with Crippen molar-refractivity contribution in [2.75, 3.05) is 0 Å². The van der Waals surface area contributed by atoms with E-state index < -0.39 is 12.2 Å². The van der Waals surface area contributed by atoms with Crippen molar-refractivity contribution >= 4 is 11.9 Å². The Kier molecular flexibility index (Phi) is 7.60. The molecule has 2 saturated carbocycles. The fourth-order valence-corrected chi connectivity index (χ4v) is 5.79. The lowest BCUT2D eigenvalue weighted by molar-refractivity contribution is -0.171. The first-order chi connectivity index (χ1) is 13.8. The molecule has 2 unspecified atom stereocenters. The number of hydrogen-bond acceptors (Lipinski definition) is 6. The van der Waals surface area contributed by atoms with Crippen molar-refractivity contribution in [2.24, 2.45) is 29.6 Å². The Morgan fingerprint density at radius 3 is 2.62 bits per heavy atom. The van der Waals surface area contributed by atoms with Crippen molar-refractivity contribution < 1.29 is 29.3 Å². The smallest absolute Gasteiger partial charge is 0.308 e. The highest BCUT2D eigenvalue weighted by Crippen LogP contribution is 2.49. The molecule has 166 valence electrons. The lowest BCUT2D eigenvalue weighted by Gasteiger charge is -2.49. The summed E-state index contributed by atoms with van der Waals surface area (Å²) in [4.78, 5) is 24.2. The van der Waals surface area contributed by atoms with Crippen molar-refractivity contribution in [1.82, 2.24) is 0 Å². The van der Waals surface area contributed by atoms with Gasteiger partial charge in [-0.05, 0) is 49.9 Å². The van der Waals surface area contributed by atoms with Gasteiger partial charge >= 0.3 is 11.9 Å². The number of carbonyl (C=O) groups is 2. The summed E-state index contributed by atoms with van der Waals surface area (Å²) in [5.41, 5.74) is 0. The van der Waals surface area contributed by atoms with Gasteiger partial charge in [-0.1, -0.05) is 27.2 Å². The van der Waals surface area contributed by atoms with Crippen LogP contribution >= 0.6 is 0 Å². The summed E-state index contributed by atoms with van der Waals surface area (Å²) in [5.74, 6) is 0.883. The fourth-order valence-electron chi connectivity index (χ4n) is 5.79. The Labute approximate surface area is 174 Å². The van der Waals surface area contributed by atoms with Gasteiger partial charge in [0.1, 0.15) is 12.2 Å². The van der Waals surface area contributed by atoms with Crippen molar-refractivity contribution in [2.45, 2.75) is 103 Å². The molecule has 9 atom stereocenters. The molecule has 6 nitrogen and oxygen atoms in total. The Morgan fingerprint density at radius 1 is 1.17 bits per heavy atom. The molecule has 0 spiro atoms. The van der Waals surface area contributed by atoms with Gasteiger partial charge in [0.25, 0.3) is 0 Å². The molecule has 6 heteroatoms. The van der Waals surface area contributed by atoms with E-state index in [0.29, 0.717) is 30.6 Å². The van der Waals surface area contributed by atoms with Crippen LogP contribution < -0.4 is 0 Å². The second-order valence-corrected chi connectivity index (χ2v) is 9.75. The first kappa shape index (κ1) is 22.5. The quantitative estimate of drug-likeness (QED) is 0.653. The Balaban J connectivity index is 1.70. The summed E-state index contributed by atoms with van der Waals surface area (Å²) < 4.78 is 11.4. The molecule has 0 aromatic rings. The second kappa shape index (κ2) is 9.78. The zero-order valence-corrected chi connectivity index (χ0v) is 18.1. The normalized spacial score (nSPS) is 41.2. The molecule has 0 bridgehead atoms. The molecular weight excluding hydrogens is 372 g/mol. The van der Waals surface area contributed by atoms with Crippen LogP contribution in [0.15, 0.2) is 0 Å². The summed E-state index contributed by atoms with van der Waals surface area (Å²) >= 11 is 0. The maximum absolute atomic E-state index is 12.5. The first-order valence-corrected chi connectivity index (χ1v) is 11.5. The molecule has 0 aromatic carbocycles. The average molecular weight is 411 g/mol. The van der Waals surface area contributed by atoms with Gasteiger partial charge in [0.2, 0.25) is 0 Å². The van der Waals surface area contributed by atoms with E-state index in [9.17, 15) is 19.8 Å². The number of esters is 2. The third kappa shape index (κ3) is 5.52. The Bertz CT molecular complexity index is 578. The van der Waals surface area contributed by atoms with E-state index in [1.165, 1.54) is 0 Å². The van der Waals surface area contributed by atoms with Gasteiger partial charge in [-0.3, -0.25) is 9.59 Å². The van der Waals surface area contributed by atoms with Crippen LogP contribution in [-0.4, -0.2) is 46.6 Å². The Morgan fingerprint density at radius 2 is 1.93 bits per heavy atom. The molecule has 3 fully saturated rings. The van der Waals surface area contributed by atoms with Gasteiger partial charge in [0, 0.05) is 18.8 Å². The van der Waals surface area contributed by atoms with E-state index in [2.05, 4.69) is 6.92 Å². The predicted octanol–water partition coefficient (Wildman–Crippen LogP) is 3.22. The first-order valence-electron chi connectivity index (χ1n) is 11.5. The van der Waals surface area contributed by atoms with Gasteiger partial charge in [-0.2, -0.15) is 0 Å². The lowest BCUT2D eigenvalue weighted by Crippen LogP contribution is -2.49. The number of fused-ring (bicyclic) bond motifs is 1. The highest BCUT2D eigenvalue weighted by Gasteiger charge is 2.47. The van der Waals surface area contributed by atoms with Gasteiger partial charge < -0.3 is 19.7 Å². The van der Waals surface area contributed by atoms with Crippen LogP contribution in [0.1, 0.15) is 78.6 Å². The number of rotatable bonds is 6. The highest BCUT2D eigenvalue weighted by atomic mass is 16.6. The SMILES string of the molecule is CC[C@H](C)C(=O)O[C@H]1C[C@@H](O)CC2CC[C@H](C)[C@H](CCC3C[C@@H](O)CC(=O)O3)[C@H]21. The maximum Gasteiger partial charge on any atom is 0.308 e. The molecule has 0 amide bonds. The van der Waals surface area contributed by atoms with E-state index >= 15 is 0 Å². The number of hydrogen-bond donors (Lipinski definition) is 2. The van der Waals surface area contributed by atoms with Crippen molar-refractivity contribution in [1.29, 1.82) is 0 Å². The van der Waals surface area contributed by atoms with Gasteiger partial charge in [-0.15, -0.1) is 0 Å². The second-order valence-electron chi connectivity index (χ2n) is 9.75. The number of aliphatic hydroxyl groups excluding tert-OH is 2. The van der Waals surface area contributed by atoms with Crippen LogP contribution in [0.3, 0.4) is 0 Å². The lowest BCUT2D eigenvalue weighted by atomic mass is 9.59. The van der Waals surface area contributed by atoms with Crippen LogP contribution in [-0.2, 0) is 19.1 Å². The number of cyclic esters (lactones) is 1. The molecule has 0 aromatic heterocycles. The van der Waals surface area contributed by atoms with E-state index in [0.717, 1.165) is 38.5 Å². The molecule has 1 aliphatic heterocycles. The zero-order chi connectivity index (χ0) is 21.1. The molecule has 2 aliphatic carbocycles.